The van der Waals surface area contributed by atoms with Crippen LogP contribution < -0.4 is 5.32 Å². The van der Waals surface area contributed by atoms with Crippen LogP contribution in [0.25, 0.3) is 0 Å². The molecule has 2 rings (SSSR count). The number of nitrogens with one attached hydrogen (secondary N) is 1. The average Bonchev–Trinajstić information content (AvgIpc) is 2.71. The monoisotopic (exact) mass is 269 g/mol. The van der Waals surface area contributed by atoms with Crippen molar-refractivity contribution in [3.63, 3.8) is 0 Å². The lowest BCUT2D eigenvalue weighted by atomic mass is 9.98. The molecule has 4 nitrogen and oxygen atoms in total. The van der Waals surface area contributed by atoms with Crippen LogP contribution >= 0.6 is 15.9 Å². The number of hydrogen-bond donors (Lipinski definition) is 2. The molecule has 0 radical (unpaired) electrons. The molecule has 0 saturated heterocycles. The predicted molar refractivity (Wildman–Crippen MR) is 61.5 cm³/mol. The molecule has 1 aromatic rings. The molecule has 5 heteroatoms. The van der Waals surface area contributed by atoms with Crippen molar-refractivity contribution in [1.82, 2.24) is 9.97 Å². The number of hydrogen-bond acceptors (Lipinski definition) is 4. The molecule has 0 atom stereocenters. The highest BCUT2D eigenvalue weighted by Gasteiger charge is 2.30. The van der Waals surface area contributed by atoms with E-state index in [-0.39, 0.29) is 12.1 Å². The van der Waals surface area contributed by atoms with Gasteiger partial charge in [-0.15, -0.1) is 0 Å². The van der Waals surface area contributed by atoms with Gasteiger partial charge >= 0.3 is 0 Å². The highest BCUT2D eigenvalue weighted by molar-refractivity contribution is 9.10. The molecular formula is C10H12BrN3O. The van der Waals surface area contributed by atoms with Crippen molar-refractivity contribution in [2.24, 2.45) is 0 Å². The van der Waals surface area contributed by atoms with Crippen LogP contribution in [0.1, 0.15) is 12.8 Å². The largest absolute Gasteiger partial charge is 0.394 e. The highest BCUT2D eigenvalue weighted by atomic mass is 79.9. The summed E-state index contributed by atoms with van der Waals surface area (Å²) in [6.07, 6.45) is 9.10. The van der Waals surface area contributed by atoms with Crippen molar-refractivity contribution in [3.8, 4) is 0 Å². The van der Waals surface area contributed by atoms with Crippen molar-refractivity contribution in [2.75, 3.05) is 11.9 Å². The number of halogens is 1. The first-order valence-electron chi connectivity index (χ1n) is 4.76. The molecule has 1 heterocycles. The van der Waals surface area contributed by atoms with Gasteiger partial charge in [-0.05, 0) is 28.8 Å². The summed E-state index contributed by atoms with van der Waals surface area (Å²) in [6, 6.07) is 0. The summed E-state index contributed by atoms with van der Waals surface area (Å²) in [6.45, 7) is 0.0828. The zero-order valence-corrected chi connectivity index (χ0v) is 9.74. The fourth-order valence-corrected chi connectivity index (χ4v) is 1.79. The smallest absolute Gasteiger partial charge is 0.223 e. The third-order valence-electron chi connectivity index (χ3n) is 2.48. The number of anilines is 1. The summed E-state index contributed by atoms with van der Waals surface area (Å²) in [5.41, 5.74) is -0.312. The molecule has 1 aromatic heterocycles. The van der Waals surface area contributed by atoms with Gasteiger partial charge in [0.1, 0.15) is 0 Å². The molecule has 1 aliphatic carbocycles. The van der Waals surface area contributed by atoms with Gasteiger partial charge < -0.3 is 10.4 Å². The quantitative estimate of drug-likeness (QED) is 0.821. The molecule has 0 aromatic carbocycles. The fourth-order valence-electron chi connectivity index (χ4n) is 1.59. The molecule has 0 saturated carbocycles. The van der Waals surface area contributed by atoms with Crippen molar-refractivity contribution in [2.45, 2.75) is 18.4 Å². The average molecular weight is 270 g/mol. The standard InChI is InChI=1S/C10H12BrN3O/c11-8-5-12-9(13-6-8)14-10(7-15)3-1-2-4-10/h1-2,5-6,15H,3-4,7H2,(H,12,13,14). The number of aliphatic hydroxyl groups is 1. The van der Waals surface area contributed by atoms with E-state index >= 15 is 0 Å². The lowest BCUT2D eigenvalue weighted by Crippen LogP contribution is -2.40. The maximum Gasteiger partial charge on any atom is 0.223 e. The Hall–Kier alpha value is -0.940. The van der Waals surface area contributed by atoms with E-state index in [0.717, 1.165) is 17.3 Å². The summed E-state index contributed by atoms with van der Waals surface area (Å²) in [5, 5.41) is 12.5. The zero-order chi connectivity index (χ0) is 10.7. The van der Waals surface area contributed by atoms with Gasteiger partial charge in [0.25, 0.3) is 0 Å². The van der Waals surface area contributed by atoms with Gasteiger partial charge in [0.05, 0.1) is 16.6 Å². The normalized spacial score (nSPS) is 18.0. The molecule has 15 heavy (non-hydrogen) atoms. The second kappa shape index (κ2) is 4.28. The Kier molecular flexibility index (Phi) is 3.02. The topological polar surface area (TPSA) is 58.0 Å². The van der Waals surface area contributed by atoms with Crippen LogP contribution in [0.15, 0.2) is 29.0 Å². The van der Waals surface area contributed by atoms with E-state index in [1.165, 1.54) is 0 Å². The van der Waals surface area contributed by atoms with E-state index in [1.54, 1.807) is 12.4 Å². The summed E-state index contributed by atoms with van der Waals surface area (Å²) < 4.78 is 0.843. The maximum atomic E-state index is 9.37. The Bertz CT molecular complexity index is 355. The van der Waals surface area contributed by atoms with E-state index in [1.807, 2.05) is 0 Å². The number of rotatable bonds is 3. The van der Waals surface area contributed by atoms with Crippen LogP contribution in [-0.4, -0.2) is 27.2 Å². The van der Waals surface area contributed by atoms with E-state index < -0.39 is 0 Å². The first-order chi connectivity index (χ1) is 7.24. The van der Waals surface area contributed by atoms with Gasteiger partial charge in [-0.3, -0.25) is 0 Å². The highest BCUT2D eigenvalue weighted by Crippen LogP contribution is 2.26. The van der Waals surface area contributed by atoms with Gasteiger partial charge in [-0.1, -0.05) is 12.2 Å². The second-order valence-corrected chi connectivity index (χ2v) is 4.58. The minimum atomic E-state index is -0.312. The SMILES string of the molecule is OCC1(Nc2ncc(Br)cn2)CC=CC1. The summed E-state index contributed by atoms with van der Waals surface area (Å²) in [7, 11) is 0. The van der Waals surface area contributed by atoms with Crippen LogP contribution in [0.3, 0.4) is 0 Å². The zero-order valence-electron chi connectivity index (χ0n) is 8.15. The lowest BCUT2D eigenvalue weighted by molar-refractivity contribution is 0.217. The number of aromatic nitrogens is 2. The molecule has 2 N–H and O–H groups in total. The van der Waals surface area contributed by atoms with Gasteiger partial charge in [0, 0.05) is 12.4 Å². The molecule has 0 fully saturated rings. The summed E-state index contributed by atoms with van der Waals surface area (Å²) in [5.74, 6) is 0.552. The first kappa shape index (κ1) is 10.6. The molecule has 1 aliphatic rings. The molecule has 0 amide bonds. The Morgan fingerprint density at radius 1 is 1.33 bits per heavy atom. The van der Waals surface area contributed by atoms with Crippen LogP contribution in [0.5, 0.6) is 0 Å². The van der Waals surface area contributed by atoms with E-state index in [9.17, 15) is 5.11 Å². The molecule has 0 unspecified atom stereocenters. The van der Waals surface area contributed by atoms with Crippen molar-refractivity contribution >= 4 is 21.9 Å². The molecule has 0 aliphatic heterocycles. The fraction of sp³-hybridized carbons (Fsp3) is 0.400. The van der Waals surface area contributed by atoms with Gasteiger partial charge in [-0.25, -0.2) is 9.97 Å². The minimum Gasteiger partial charge on any atom is -0.394 e. The van der Waals surface area contributed by atoms with Crippen LogP contribution in [0, 0.1) is 0 Å². The maximum absolute atomic E-state index is 9.37. The van der Waals surface area contributed by atoms with Crippen LogP contribution in [0.2, 0.25) is 0 Å². The Balaban J connectivity index is 2.10. The summed E-state index contributed by atoms with van der Waals surface area (Å²) in [4.78, 5) is 8.25. The van der Waals surface area contributed by atoms with E-state index in [4.69, 9.17) is 0 Å². The third kappa shape index (κ3) is 2.35. The lowest BCUT2D eigenvalue weighted by Gasteiger charge is -2.27. The van der Waals surface area contributed by atoms with Crippen molar-refractivity contribution in [3.05, 3.63) is 29.0 Å². The molecule has 0 spiro atoms. The minimum absolute atomic E-state index is 0.0828. The summed E-state index contributed by atoms with van der Waals surface area (Å²) >= 11 is 3.27. The van der Waals surface area contributed by atoms with Crippen molar-refractivity contribution in [1.29, 1.82) is 0 Å². The third-order valence-corrected chi connectivity index (χ3v) is 2.89. The Morgan fingerprint density at radius 3 is 2.47 bits per heavy atom. The first-order valence-corrected chi connectivity index (χ1v) is 5.55. The van der Waals surface area contributed by atoms with E-state index in [2.05, 4.69) is 43.4 Å². The molecular weight excluding hydrogens is 258 g/mol. The predicted octanol–water partition coefficient (Wildman–Crippen LogP) is 1.73. The van der Waals surface area contributed by atoms with Crippen molar-refractivity contribution < 1.29 is 5.11 Å². The van der Waals surface area contributed by atoms with Gasteiger partial charge in [0.15, 0.2) is 0 Å². The Morgan fingerprint density at radius 2 is 1.93 bits per heavy atom. The molecule has 80 valence electrons. The van der Waals surface area contributed by atoms with Gasteiger partial charge in [-0.2, -0.15) is 0 Å². The van der Waals surface area contributed by atoms with Crippen LogP contribution in [-0.2, 0) is 0 Å². The second-order valence-electron chi connectivity index (χ2n) is 3.67. The number of aliphatic hydroxyl groups excluding tert-OH is 1. The number of nitrogens with zero attached hydrogens (tertiary/aromatic N) is 2. The van der Waals surface area contributed by atoms with Crippen LogP contribution in [0.4, 0.5) is 5.95 Å². The Labute approximate surface area is 96.6 Å². The van der Waals surface area contributed by atoms with E-state index in [0.29, 0.717) is 5.95 Å². The molecule has 0 bridgehead atoms. The van der Waals surface area contributed by atoms with Gasteiger partial charge in [0.2, 0.25) is 5.95 Å².